The highest BCUT2D eigenvalue weighted by Gasteiger charge is 2.67. The summed E-state index contributed by atoms with van der Waals surface area (Å²) < 4.78 is 14.9. The van der Waals surface area contributed by atoms with E-state index in [0.29, 0.717) is 48.4 Å². The molecule has 1 aromatic carbocycles. The maximum atomic E-state index is 14.9. The number of piperazine rings is 1. The second-order valence-electron chi connectivity index (χ2n) is 10.7. The van der Waals surface area contributed by atoms with Crippen LogP contribution in [0, 0.1) is 17.2 Å². The fraction of sp³-hybridized carbons (Fsp3) is 0.520. The van der Waals surface area contributed by atoms with Crippen LogP contribution in [0.2, 0.25) is 0 Å². The number of aromatic nitrogens is 2. The van der Waals surface area contributed by atoms with E-state index in [0.717, 1.165) is 51.0 Å². The normalized spacial score (nSPS) is 31.1. The molecule has 1 spiro atoms. The molecule has 182 valence electrons. The number of fused-ring (bicyclic) bond motifs is 1. The first-order chi connectivity index (χ1) is 17.0. The Hall–Kier alpha value is -3.27. The third-order valence-electron chi connectivity index (χ3n) is 8.57. The van der Waals surface area contributed by atoms with E-state index in [1.807, 2.05) is 15.9 Å². The molecule has 2 bridgehead atoms. The quantitative estimate of drug-likeness (QED) is 0.577. The van der Waals surface area contributed by atoms with Crippen LogP contribution in [0.5, 0.6) is 0 Å². The first kappa shape index (κ1) is 21.0. The number of anilines is 4. The Labute approximate surface area is 202 Å². The Bertz CT molecular complexity index is 1230. The second kappa shape index (κ2) is 7.36. The largest absolute Gasteiger partial charge is 0.367 e. The summed E-state index contributed by atoms with van der Waals surface area (Å²) in [5.74, 6) is 0.956. The fourth-order valence-electron chi connectivity index (χ4n) is 6.55. The van der Waals surface area contributed by atoms with E-state index in [4.69, 9.17) is 4.98 Å². The maximum Gasteiger partial charge on any atom is 0.244 e. The molecular formula is C25H28FN7O2. The summed E-state index contributed by atoms with van der Waals surface area (Å²) in [5.41, 5.74) is 0.673. The minimum Gasteiger partial charge on any atom is -0.367 e. The third kappa shape index (κ3) is 3.01. The van der Waals surface area contributed by atoms with Crippen molar-refractivity contribution >= 4 is 35.0 Å². The van der Waals surface area contributed by atoms with Crippen LogP contribution in [0.25, 0.3) is 0 Å². The van der Waals surface area contributed by atoms with Gasteiger partial charge in [0, 0.05) is 56.6 Å². The zero-order valence-corrected chi connectivity index (χ0v) is 19.4. The fourth-order valence-corrected chi connectivity index (χ4v) is 6.55. The van der Waals surface area contributed by atoms with Crippen molar-refractivity contribution in [2.75, 3.05) is 47.8 Å². The molecule has 3 saturated carbocycles. The summed E-state index contributed by atoms with van der Waals surface area (Å²) in [6.45, 7) is 3.72. The van der Waals surface area contributed by atoms with Crippen LogP contribution in [0.15, 0.2) is 24.4 Å². The van der Waals surface area contributed by atoms with Crippen molar-refractivity contribution in [3.05, 3.63) is 35.8 Å². The topological polar surface area (TPSA) is 102 Å². The Balaban J connectivity index is 1.20. The van der Waals surface area contributed by atoms with Gasteiger partial charge in [-0.25, -0.2) is 9.37 Å². The first-order valence-corrected chi connectivity index (χ1v) is 12.5. The highest BCUT2D eigenvalue weighted by Crippen LogP contribution is 2.63. The van der Waals surface area contributed by atoms with E-state index in [1.165, 1.54) is 6.07 Å². The summed E-state index contributed by atoms with van der Waals surface area (Å²) >= 11 is 0. The molecule has 2 amide bonds. The van der Waals surface area contributed by atoms with E-state index in [2.05, 4.69) is 20.9 Å². The van der Waals surface area contributed by atoms with Crippen molar-refractivity contribution in [1.29, 1.82) is 0 Å². The van der Waals surface area contributed by atoms with Gasteiger partial charge in [0.2, 0.25) is 17.8 Å². The van der Waals surface area contributed by atoms with Crippen molar-refractivity contribution in [1.82, 2.24) is 20.6 Å². The number of nitrogens with zero attached hydrogens (tertiary/aromatic N) is 4. The van der Waals surface area contributed by atoms with Crippen LogP contribution in [0.3, 0.4) is 0 Å². The van der Waals surface area contributed by atoms with Gasteiger partial charge in [0.05, 0.1) is 11.2 Å². The molecular weight excluding hydrogens is 449 g/mol. The van der Waals surface area contributed by atoms with Crippen molar-refractivity contribution in [2.24, 2.45) is 11.3 Å². The predicted octanol–water partition coefficient (Wildman–Crippen LogP) is 1.72. The van der Waals surface area contributed by atoms with E-state index in [1.54, 1.807) is 12.3 Å². The van der Waals surface area contributed by atoms with Gasteiger partial charge in [-0.05, 0) is 49.8 Å². The number of rotatable bonds is 4. The molecule has 3 aliphatic heterocycles. The highest BCUT2D eigenvalue weighted by molar-refractivity contribution is 6.15. The van der Waals surface area contributed by atoms with E-state index >= 15 is 0 Å². The molecule has 0 unspecified atom stereocenters. The van der Waals surface area contributed by atoms with Crippen LogP contribution < -0.4 is 25.8 Å². The summed E-state index contributed by atoms with van der Waals surface area (Å²) in [5, 5.41) is 9.25. The van der Waals surface area contributed by atoms with Crippen LogP contribution >= 0.6 is 0 Å². The van der Waals surface area contributed by atoms with Crippen LogP contribution in [-0.2, 0) is 16.0 Å². The van der Waals surface area contributed by atoms with Gasteiger partial charge in [-0.15, -0.1) is 0 Å². The Kier molecular flexibility index (Phi) is 4.43. The molecule has 6 aliphatic rings. The zero-order chi connectivity index (χ0) is 23.8. The number of nitrogens with one attached hydrogen (secondary N) is 3. The second-order valence-corrected chi connectivity index (χ2v) is 10.7. The van der Waals surface area contributed by atoms with Crippen molar-refractivity contribution in [3.63, 3.8) is 0 Å². The molecule has 10 heteroatoms. The van der Waals surface area contributed by atoms with Gasteiger partial charge >= 0.3 is 0 Å². The van der Waals surface area contributed by atoms with E-state index < -0.39 is 5.41 Å². The molecule has 35 heavy (non-hydrogen) atoms. The number of amides is 2. The number of benzene rings is 1. The molecule has 0 radical (unpaired) electrons. The lowest BCUT2D eigenvalue weighted by Crippen LogP contribution is -2.73. The average molecular weight is 478 g/mol. The number of halogens is 1. The summed E-state index contributed by atoms with van der Waals surface area (Å²) in [4.78, 5) is 39.7. The van der Waals surface area contributed by atoms with Gasteiger partial charge in [0.25, 0.3) is 0 Å². The van der Waals surface area contributed by atoms with Gasteiger partial charge in [-0.3, -0.25) is 14.5 Å². The minimum atomic E-state index is -1.05. The van der Waals surface area contributed by atoms with E-state index in [-0.39, 0.29) is 23.2 Å². The Morgan fingerprint density at radius 1 is 1.11 bits per heavy atom. The predicted molar refractivity (Wildman–Crippen MR) is 128 cm³/mol. The van der Waals surface area contributed by atoms with Gasteiger partial charge < -0.3 is 20.9 Å². The molecule has 3 N–H and O–H groups in total. The molecule has 5 fully saturated rings. The number of hydrogen-bond donors (Lipinski definition) is 3. The van der Waals surface area contributed by atoms with Gasteiger partial charge in [0.1, 0.15) is 17.1 Å². The summed E-state index contributed by atoms with van der Waals surface area (Å²) in [6, 6.07) is 5.06. The van der Waals surface area contributed by atoms with E-state index in [9.17, 15) is 14.0 Å². The third-order valence-corrected chi connectivity index (χ3v) is 8.57. The smallest absolute Gasteiger partial charge is 0.244 e. The monoisotopic (exact) mass is 477 g/mol. The number of carbonyl (C=O) groups excluding carboxylic acids is 2. The molecule has 9 nitrogen and oxygen atoms in total. The van der Waals surface area contributed by atoms with Crippen molar-refractivity contribution < 1.29 is 14.0 Å². The molecule has 1 aromatic heterocycles. The molecule has 1 atom stereocenters. The molecule has 3 aliphatic carbocycles. The maximum absolute atomic E-state index is 14.9. The van der Waals surface area contributed by atoms with Crippen molar-refractivity contribution in [3.8, 4) is 0 Å². The molecule has 8 rings (SSSR count). The number of hydrogen-bond acceptors (Lipinski definition) is 7. The van der Waals surface area contributed by atoms with Crippen molar-refractivity contribution in [2.45, 2.75) is 37.6 Å². The first-order valence-electron chi connectivity index (χ1n) is 12.5. The lowest BCUT2D eigenvalue weighted by molar-refractivity contribution is -0.144. The average Bonchev–Trinajstić information content (AvgIpc) is 3.16. The van der Waals surface area contributed by atoms with Crippen LogP contribution in [0.1, 0.15) is 31.2 Å². The molecule has 2 aromatic rings. The Morgan fingerprint density at radius 3 is 2.57 bits per heavy atom. The molecule has 2 saturated heterocycles. The Morgan fingerprint density at radius 2 is 1.91 bits per heavy atom. The summed E-state index contributed by atoms with van der Waals surface area (Å²) in [7, 11) is 0. The molecule has 4 heterocycles. The SMILES string of the molecule is O=C1NCC[C@@]12Cc1cnc(Nc3ccc(N4CCNCC4)c(F)c3)nc1N(C13CC(C1)C3)C2=O. The minimum absolute atomic E-state index is 0.130. The van der Waals surface area contributed by atoms with Gasteiger partial charge in [-0.2, -0.15) is 4.98 Å². The lowest BCUT2D eigenvalue weighted by Gasteiger charge is -2.67. The highest BCUT2D eigenvalue weighted by atomic mass is 19.1. The summed E-state index contributed by atoms with van der Waals surface area (Å²) in [6.07, 6.45) is 5.41. The lowest BCUT2D eigenvalue weighted by atomic mass is 9.48. The van der Waals surface area contributed by atoms with Gasteiger partial charge in [0.15, 0.2) is 0 Å². The van der Waals surface area contributed by atoms with Gasteiger partial charge in [-0.1, -0.05) is 0 Å². The zero-order valence-electron chi connectivity index (χ0n) is 19.4. The standard InChI is InChI=1S/C25H28FN7O2/c26-18-9-17(1-2-19(18)32-7-5-27-6-8-32)30-23-29-14-16-13-25(3-4-28-21(25)34)22(35)33(20(16)31-23)24-10-15(11-24)12-24/h1-2,9,14-15,27H,3-8,10-13H2,(H,28,34)(H,29,30,31)/t15?,24?,25-/m1/s1. The number of carbonyl (C=O) groups is 2. The van der Waals surface area contributed by atoms with Crippen LogP contribution in [0.4, 0.5) is 27.5 Å². The van der Waals surface area contributed by atoms with Crippen LogP contribution in [-0.4, -0.2) is 60.0 Å².